The molecule has 1 saturated heterocycles. The van der Waals surface area contributed by atoms with Gasteiger partial charge in [0, 0.05) is 24.2 Å². The zero-order valence-electron chi connectivity index (χ0n) is 11.3. The number of methoxy groups -OCH3 is 1. The van der Waals surface area contributed by atoms with Crippen LogP contribution in [0.3, 0.4) is 0 Å². The third kappa shape index (κ3) is 2.78. The molecular formula is C13H14N2O6. The van der Waals surface area contributed by atoms with Crippen LogP contribution in [-0.2, 0) is 4.79 Å². The molecule has 0 aliphatic carbocycles. The van der Waals surface area contributed by atoms with Gasteiger partial charge >= 0.3 is 11.7 Å². The number of benzene rings is 1. The molecule has 21 heavy (non-hydrogen) atoms. The zero-order chi connectivity index (χ0) is 15.6. The number of nitro groups is 1. The Morgan fingerprint density at radius 2 is 2.19 bits per heavy atom. The van der Waals surface area contributed by atoms with Gasteiger partial charge in [-0.2, -0.15) is 0 Å². The first-order valence-corrected chi connectivity index (χ1v) is 6.32. The van der Waals surface area contributed by atoms with Crippen molar-refractivity contribution in [3.8, 4) is 5.75 Å². The monoisotopic (exact) mass is 294 g/mol. The van der Waals surface area contributed by atoms with Crippen LogP contribution in [0.15, 0.2) is 18.2 Å². The highest BCUT2D eigenvalue weighted by molar-refractivity contribution is 5.97. The second kappa shape index (κ2) is 5.78. The summed E-state index contributed by atoms with van der Waals surface area (Å²) in [6, 6.07) is 2.90. The molecule has 0 aromatic heterocycles. The minimum absolute atomic E-state index is 0.0306. The van der Waals surface area contributed by atoms with Gasteiger partial charge in [0.25, 0.3) is 5.91 Å². The summed E-state index contributed by atoms with van der Waals surface area (Å²) in [5.41, 5.74) is -0.0733. The molecule has 2 rings (SSSR count). The summed E-state index contributed by atoms with van der Waals surface area (Å²) in [4.78, 5) is 34.9. The number of amides is 1. The number of nitrogens with zero attached hydrogens (tertiary/aromatic N) is 2. The largest absolute Gasteiger partial charge is 0.490 e. The lowest BCUT2D eigenvalue weighted by Crippen LogP contribution is -2.40. The highest BCUT2D eigenvalue weighted by atomic mass is 16.6. The normalized spacial score (nSPS) is 17.6. The van der Waals surface area contributed by atoms with E-state index in [0.717, 1.165) is 0 Å². The Balaban J connectivity index is 2.31. The molecule has 1 atom stereocenters. The van der Waals surface area contributed by atoms with Crippen molar-refractivity contribution in [3.63, 3.8) is 0 Å². The quantitative estimate of drug-likeness (QED) is 0.662. The third-order valence-corrected chi connectivity index (χ3v) is 3.42. The number of carboxylic acids is 1. The molecule has 1 aliphatic heterocycles. The summed E-state index contributed by atoms with van der Waals surface area (Å²) in [5.74, 6) is -1.54. The molecule has 0 unspecified atom stereocenters. The number of nitro benzene ring substituents is 1. The van der Waals surface area contributed by atoms with Crippen LogP contribution in [-0.4, -0.2) is 46.5 Å². The van der Waals surface area contributed by atoms with E-state index in [9.17, 15) is 19.7 Å². The van der Waals surface area contributed by atoms with Gasteiger partial charge in [0.2, 0.25) is 0 Å². The summed E-state index contributed by atoms with van der Waals surface area (Å²) in [7, 11) is 1.27. The SMILES string of the molecule is COc1cc(C(=O)N2CCC[C@@H]2C(=O)O)ccc1[N+](=O)[O-]. The molecule has 8 nitrogen and oxygen atoms in total. The number of aliphatic carboxylic acids is 1. The van der Waals surface area contributed by atoms with Crippen LogP contribution in [0.5, 0.6) is 5.75 Å². The van der Waals surface area contributed by atoms with Crippen LogP contribution >= 0.6 is 0 Å². The molecule has 1 heterocycles. The first kappa shape index (κ1) is 14.8. The number of hydrogen-bond donors (Lipinski definition) is 1. The van der Waals surface area contributed by atoms with Crippen LogP contribution in [0, 0.1) is 10.1 Å². The molecule has 8 heteroatoms. The van der Waals surface area contributed by atoms with E-state index in [4.69, 9.17) is 9.84 Å². The summed E-state index contributed by atoms with van der Waals surface area (Å²) < 4.78 is 4.91. The van der Waals surface area contributed by atoms with Crippen LogP contribution in [0.4, 0.5) is 5.69 Å². The lowest BCUT2D eigenvalue weighted by molar-refractivity contribution is -0.385. The maximum Gasteiger partial charge on any atom is 0.326 e. The van der Waals surface area contributed by atoms with E-state index in [1.807, 2.05) is 0 Å². The van der Waals surface area contributed by atoms with Crippen molar-refractivity contribution < 1.29 is 24.4 Å². The number of carbonyl (C=O) groups excluding carboxylic acids is 1. The average molecular weight is 294 g/mol. The second-order valence-corrected chi connectivity index (χ2v) is 4.64. The van der Waals surface area contributed by atoms with Gasteiger partial charge in [-0.3, -0.25) is 14.9 Å². The van der Waals surface area contributed by atoms with E-state index in [2.05, 4.69) is 0 Å². The molecule has 1 fully saturated rings. The van der Waals surface area contributed by atoms with Crippen molar-refractivity contribution in [1.29, 1.82) is 0 Å². The van der Waals surface area contributed by atoms with Crippen molar-refractivity contribution >= 4 is 17.6 Å². The standard InChI is InChI=1S/C13H14N2O6/c1-21-11-7-8(4-5-9(11)15(19)20)12(16)14-6-2-3-10(14)13(17)18/h4-5,7,10H,2-3,6H2,1H3,(H,17,18)/t10-/m1/s1. The maximum absolute atomic E-state index is 12.3. The van der Waals surface area contributed by atoms with Crippen molar-refractivity contribution in [1.82, 2.24) is 4.90 Å². The molecule has 0 spiro atoms. The fraction of sp³-hybridized carbons (Fsp3) is 0.385. The average Bonchev–Trinajstić information content (AvgIpc) is 2.95. The Hall–Kier alpha value is -2.64. The molecule has 1 amide bonds. The Morgan fingerprint density at radius 3 is 2.76 bits per heavy atom. The highest BCUT2D eigenvalue weighted by Gasteiger charge is 2.34. The Bertz CT molecular complexity index is 600. The highest BCUT2D eigenvalue weighted by Crippen LogP contribution is 2.29. The summed E-state index contributed by atoms with van der Waals surface area (Å²) >= 11 is 0. The van der Waals surface area contributed by atoms with E-state index in [1.54, 1.807) is 0 Å². The van der Waals surface area contributed by atoms with Gasteiger partial charge < -0.3 is 14.7 Å². The van der Waals surface area contributed by atoms with Gasteiger partial charge in [0.05, 0.1) is 12.0 Å². The van der Waals surface area contributed by atoms with Crippen LogP contribution in [0.1, 0.15) is 23.2 Å². The van der Waals surface area contributed by atoms with Gasteiger partial charge in [-0.05, 0) is 18.9 Å². The smallest absolute Gasteiger partial charge is 0.326 e. The van der Waals surface area contributed by atoms with Gasteiger partial charge in [0.1, 0.15) is 6.04 Å². The fourth-order valence-electron chi connectivity index (χ4n) is 2.39. The lowest BCUT2D eigenvalue weighted by atomic mass is 10.1. The number of carboxylic acid groups (broad SMARTS) is 1. The first-order chi connectivity index (χ1) is 9.95. The summed E-state index contributed by atoms with van der Waals surface area (Å²) in [5, 5.41) is 19.9. The molecule has 0 radical (unpaired) electrons. The predicted molar refractivity (Wildman–Crippen MR) is 71.3 cm³/mol. The Labute approximate surface area is 120 Å². The zero-order valence-corrected chi connectivity index (χ0v) is 11.3. The van der Waals surface area contributed by atoms with Gasteiger partial charge in [0.15, 0.2) is 5.75 Å². The minimum Gasteiger partial charge on any atom is -0.490 e. The Morgan fingerprint density at radius 1 is 1.48 bits per heavy atom. The molecule has 1 aliphatic rings. The number of rotatable bonds is 4. The van der Waals surface area contributed by atoms with Crippen LogP contribution in [0.25, 0.3) is 0 Å². The van der Waals surface area contributed by atoms with E-state index in [-0.39, 0.29) is 17.0 Å². The number of likely N-dealkylation sites (tertiary alicyclic amines) is 1. The summed E-state index contributed by atoms with van der Waals surface area (Å²) in [6.07, 6.45) is 1.03. The van der Waals surface area contributed by atoms with Crippen LogP contribution in [0.2, 0.25) is 0 Å². The maximum atomic E-state index is 12.3. The molecule has 1 aromatic rings. The summed E-state index contributed by atoms with van der Waals surface area (Å²) in [6.45, 7) is 0.356. The van der Waals surface area contributed by atoms with Crippen molar-refractivity contribution in [3.05, 3.63) is 33.9 Å². The molecule has 112 valence electrons. The number of ether oxygens (including phenoxy) is 1. The van der Waals surface area contributed by atoms with E-state index in [1.165, 1.54) is 30.2 Å². The minimum atomic E-state index is -1.05. The van der Waals surface area contributed by atoms with Crippen molar-refractivity contribution in [2.45, 2.75) is 18.9 Å². The van der Waals surface area contributed by atoms with E-state index < -0.39 is 22.8 Å². The molecular weight excluding hydrogens is 280 g/mol. The molecule has 1 N–H and O–H groups in total. The second-order valence-electron chi connectivity index (χ2n) is 4.64. The van der Waals surface area contributed by atoms with Crippen LogP contribution < -0.4 is 4.74 Å². The molecule has 1 aromatic carbocycles. The van der Waals surface area contributed by atoms with Gasteiger partial charge in [-0.1, -0.05) is 0 Å². The van der Waals surface area contributed by atoms with Crippen molar-refractivity contribution in [2.75, 3.05) is 13.7 Å². The first-order valence-electron chi connectivity index (χ1n) is 6.32. The number of carbonyl (C=O) groups is 2. The van der Waals surface area contributed by atoms with Gasteiger partial charge in [-0.15, -0.1) is 0 Å². The number of hydrogen-bond acceptors (Lipinski definition) is 5. The van der Waals surface area contributed by atoms with E-state index >= 15 is 0 Å². The molecule has 0 bridgehead atoms. The predicted octanol–water partition coefficient (Wildman–Crippen LogP) is 1.29. The van der Waals surface area contributed by atoms with Crippen molar-refractivity contribution in [2.24, 2.45) is 0 Å². The third-order valence-electron chi connectivity index (χ3n) is 3.42. The molecule has 0 saturated carbocycles. The fourth-order valence-corrected chi connectivity index (χ4v) is 2.39. The topological polar surface area (TPSA) is 110 Å². The lowest BCUT2D eigenvalue weighted by Gasteiger charge is -2.21. The Kier molecular flexibility index (Phi) is 4.06. The van der Waals surface area contributed by atoms with E-state index in [0.29, 0.717) is 19.4 Å². The van der Waals surface area contributed by atoms with Gasteiger partial charge in [-0.25, -0.2) is 4.79 Å².